The van der Waals surface area contributed by atoms with Gasteiger partial charge in [-0.3, -0.25) is 9.59 Å². The first-order valence-electron chi connectivity index (χ1n) is 8.19. The quantitative estimate of drug-likeness (QED) is 0.504. The van der Waals surface area contributed by atoms with Gasteiger partial charge in [-0.1, -0.05) is 23.9 Å². The molecule has 0 saturated carbocycles. The Kier molecular flexibility index (Phi) is 5.52. The number of para-hydroxylation sites is 1. The lowest BCUT2D eigenvalue weighted by molar-refractivity contribution is -0.128. The average Bonchev–Trinajstić information content (AvgIpc) is 3.19. The van der Waals surface area contributed by atoms with Crippen LogP contribution >= 0.6 is 11.8 Å². The van der Waals surface area contributed by atoms with Crippen LogP contribution < -0.4 is 5.56 Å². The number of H-pyrrole nitrogens is 1. The van der Waals surface area contributed by atoms with Crippen molar-refractivity contribution in [2.24, 2.45) is 0 Å². The van der Waals surface area contributed by atoms with E-state index in [9.17, 15) is 9.59 Å². The molecule has 3 rings (SSSR count). The topological polar surface area (TPSA) is 121 Å². The standard InChI is InChI=1S/C17H17N7O2S/c1-11(14(25)23(2)9-5-8-18)27-17-21-13-7-4-3-6-12(13)15(26)24(17)16-19-10-20-22-16/h3-4,6-7,10-11H,5,9H2,1-2H3,(H,19,20,22)/t11-/m0/s1. The van der Waals surface area contributed by atoms with E-state index in [1.54, 1.807) is 38.2 Å². The molecule has 0 fully saturated rings. The molecule has 9 nitrogen and oxygen atoms in total. The predicted octanol–water partition coefficient (Wildman–Crippen LogP) is 1.36. The van der Waals surface area contributed by atoms with Crippen LogP contribution in [0.4, 0.5) is 0 Å². The summed E-state index contributed by atoms with van der Waals surface area (Å²) in [5.41, 5.74) is 0.246. The first-order chi connectivity index (χ1) is 13.0. The Morgan fingerprint density at radius 3 is 2.93 bits per heavy atom. The van der Waals surface area contributed by atoms with Crippen molar-refractivity contribution >= 4 is 28.6 Å². The number of rotatable bonds is 6. The van der Waals surface area contributed by atoms with E-state index in [1.165, 1.54) is 15.8 Å². The van der Waals surface area contributed by atoms with Gasteiger partial charge in [-0.05, 0) is 19.1 Å². The molecule has 0 bridgehead atoms. The minimum Gasteiger partial charge on any atom is -0.344 e. The van der Waals surface area contributed by atoms with Gasteiger partial charge in [0.05, 0.1) is 28.6 Å². The molecular weight excluding hydrogens is 366 g/mol. The van der Waals surface area contributed by atoms with Gasteiger partial charge < -0.3 is 4.90 Å². The van der Waals surface area contributed by atoms with E-state index in [2.05, 4.69) is 20.2 Å². The van der Waals surface area contributed by atoms with Crippen LogP contribution in [0.3, 0.4) is 0 Å². The Morgan fingerprint density at radius 1 is 1.44 bits per heavy atom. The lowest BCUT2D eigenvalue weighted by Crippen LogP contribution is -2.34. The first kappa shape index (κ1) is 18.6. The number of carbonyl (C=O) groups excluding carboxylic acids is 1. The lowest BCUT2D eigenvalue weighted by Gasteiger charge is -2.20. The molecule has 0 spiro atoms. The van der Waals surface area contributed by atoms with Crippen molar-refractivity contribution in [2.75, 3.05) is 13.6 Å². The van der Waals surface area contributed by atoms with Gasteiger partial charge in [0.25, 0.3) is 5.56 Å². The van der Waals surface area contributed by atoms with Gasteiger partial charge in [0.1, 0.15) is 6.33 Å². The van der Waals surface area contributed by atoms with Crippen LogP contribution in [0.15, 0.2) is 40.5 Å². The number of carbonyl (C=O) groups is 1. The summed E-state index contributed by atoms with van der Waals surface area (Å²) < 4.78 is 1.32. The molecule has 0 unspecified atom stereocenters. The van der Waals surface area contributed by atoms with Gasteiger partial charge in [0.15, 0.2) is 5.16 Å². The largest absolute Gasteiger partial charge is 0.344 e. The van der Waals surface area contributed by atoms with Crippen LogP contribution in [-0.4, -0.2) is 54.4 Å². The highest BCUT2D eigenvalue weighted by Gasteiger charge is 2.23. The maximum absolute atomic E-state index is 13.0. The zero-order valence-corrected chi connectivity index (χ0v) is 15.6. The van der Waals surface area contributed by atoms with Crippen LogP contribution in [0.2, 0.25) is 0 Å². The Balaban J connectivity index is 2.01. The second-order valence-electron chi connectivity index (χ2n) is 5.79. The van der Waals surface area contributed by atoms with E-state index in [4.69, 9.17) is 5.26 Å². The minimum absolute atomic E-state index is 0.151. The second kappa shape index (κ2) is 8.01. The Morgan fingerprint density at radius 2 is 2.22 bits per heavy atom. The number of aromatic nitrogens is 5. The van der Waals surface area contributed by atoms with Gasteiger partial charge in [-0.2, -0.15) is 15.3 Å². The average molecular weight is 383 g/mol. The summed E-state index contributed by atoms with van der Waals surface area (Å²) >= 11 is 1.16. The van der Waals surface area contributed by atoms with E-state index < -0.39 is 5.25 Å². The Hall–Kier alpha value is -3.19. The van der Waals surface area contributed by atoms with Crippen molar-refractivity contribution in [3.63, 3.8) is 0 Å². The smallest absolute Gasteiger partial charge is 0.269 e. The molecule has 138 valence electrons. The molecule has 2 heterocycles. The highest BCUT2D eigenvalue weighted by Crippen LogP contribution is 2.25. The van der Waals surface area contributed by atoms with Gasteiger partial charge >= 0.3 is 0 Å². The van der Waals surface area contributed by atoms with Gasteiger partial charge in [0, 0.05) is 13.6 Å². The molecule has 0 aliphatic rings. The van der Waals surface area contributed by atoms with Crippen molar-refractivity contribution < 1.29 is 4.79 Å². The van der Waals surface area contributed by atoms with Crippen molar-refractivity contribution in [1.29, 1.82) is 5.26 Å². The summed E-state index contributed by atoms with van der Waals surface area (Å²) in [5, 5.41) is 15.4. The fraction of sp³-hybridized carbons (Fsp3) is 0.294. The van der Waals surface area contributed by atoms with Crippen LogP contribution in [0, 0.1) is 11.3 Å². The summed E-state index contributed by atoms with van der Waals surface area (Å²) in [4.78, 5) is 35.6. The van der Waals surface area contributed by atoms with E-state index in [0.29, 0.717) is 22.6 Å². The molecule has 1 aromatic carbocycles. The highest BCUT2D eigenvalue weighted by atomic mass is 32.2. The fourth-order valence-corrected chi connectivity index (χ4v) is 3.55. The number of hydrogen-bond acceptors (Lipinski definition) is 7. The highest BCUT2D eigenvalue weighted by molar-refractivity contribution is 8.00. The number of thioether (sulfide) groups is 1. The van der Waals surface area contributed by atoms with E-state index in [1.807, 2.05) is 6.07 Å². The molecular formula is C17H17N7O2S. The van der Waals surface area contributed by atoms with Crippen molar-refractivity contribution in [2.45, 2.75) is 23.8 Å². The van der Waals surface area contributed by atoms with E-state index >= 15 is 0 Å². The molecule has 0 radical (unpaired) electrons. The third-order valence-electron chi connectivity index (χ3n) is 3.92. The number of nitrogens with one attached hydrogen (secondary N) is 1. The SMILES string of the molecule is C[C@H](Sc1nc2ccccc2c(=O)n1-c1ncn[nH]1)C(=O)N(C)CCC#N. The van der Waals surface area contributed by atoms with Crippen LogP contribution in [0.1, 0.15) is 13.3 Å². The lowest BCUT2D eigenvalue weighted by atomic mass is 10.2. The molecule has 0 saturated heterocycles. The summed E-state index contributed by atoms with van der Waals surface area (Å²) in [6.45, 7) is 2.09. The summed E-state index contributed by atoms with van der Waals surface area (Å²) in [7, 11) is 1.65. The number of benzene rings is 1. The molecule has 27 heavy (non-hydrogen) atoms. The van der Waals surface area contributed by atoms with E-state index in [-0.39, 0.29) is 23.8 Å². The van der Waals surface area contributed by atoms with Crippen molar-refractivity contribution in [3.05, 3.63) is 40.9 Å². The molecule has 10 heteroatoms. The van der Waals surface area contributed by atoms with Crippen LogP contribution in [-0.2, 0) is 4.79 Å². The number of amides is 1. The Labute approximate surface area is 159 Å². The molecule has 1 atom stereocenters. The van der Waals surface area contributed by atoms with Gasteiger partial charge in [0.2, 0.25) is 11.9 Å². The van der Waals surface area contributed by atoms with Crippen molar-refractivity contribution in [3.8, 4) is 12.0 Å². The minimum atomic E-state index is -0.504. The van der Waals surface area contributed by atoms with Gasteiger partial charge in [-0.15, -0.1) is 0 Å². The normalized spacial score (nSPS) is 11.9. The molecule has 0 aliphatic heterocycles. The summed E-state index contributed by atoms with van der Waals surface area (Å²) in [6, 6.07) is 9.02. The number of hydrogen-bond donors (Lipinski definition) is 1. The van der Waals surface area contributed by atoms with Gasteiger partial charge in [-0.25, -0.2) is 14.6 Å². The third kappa shape index (κ3) is 3.83. The number of nitrogens with zero attached hydrogens (tertiary/aromatic N) is 6. The van der Waals surface area contributed by atoms with E-state index in [0.717, 1.165) is 11.8 Å². The van der Waals surface area contributed by atoms with Crippen LogP contribution in [0.5, 0.6) is 0 Å². The predicted molar refractivity (Wildman–Crippen MR) is 100 cm³/mol. The number of fused-ring (bicyclic) bond motifs is 1. The second-order valence-corrected chi connectivity index (χ2v) is 7.10. The molecule has 1 N–H and O–H groups in total. The summed E-state index contributed by atoms with van der Waals surface area (Å²) in [6.07, 6.45) is 1.56. The third-order valence-corrected chi connectivity index (χ3v) is 4.96. The molecule has 0 aliphatic carbocycles. The zero-order valence-electron chi connectivity index (χ0n) is 14.8. The molecule has 3 aromatic rings. The first-order valence-corrected chi connectivity index (χ1v) is 9.07. The zero-order chi connectivity index (χ0) is 19.4. The fourth-order valence-electron chi connectivity index (χ4n) is 2.53. The van der Waals surface area contributed by atoms with Crippen molar-refractivity contribution in [1.82, 2.24) is 29.6 Å². The number of aromatic amines is 1. The maximum atomic E-state index is 13.0. The molecule has 2 aromatic heterocycles. The van der Waals surface area contributed by atoms with Crippen LogP contribution in [0.25, 0.3) is 16.9 Å². The summed E-state index contributed by atoms with van der Waals surface area (Å²) in [5.74, 6) is 0.0833. The molecule has 1 amide bonds. The maximum Gasteiger partial charge on any atom is 0.269 e. The Bertz CT molecular complexity index is 1060. The number of nitriles is 1. The monoisotopic (exact) mass is 383 g/mol.